The molecule has 2 aliphatic rings. The normalized spacial score (nSPS) is 19.8. The molecule has 1 N–H and O–H groups in total. The Kier molecular flexibility index (Phi) is 6.64. The Hall–Kier alpha value is -3.01. The van der Waals surface area contributed by atoms with E-state index in [1.807, 2.05) is 49.1 Å². The average molecular weight is 478 g/mol. The zero-order valence-electron chi connectivity index (χ0n) is 18.7. The number of thioether (sulfide) groups is 1. The lowest BCUT2D eigenvalue weighted by molar-refractivity contribution is -0.116. The van der Waals surface area contributed by atoms with Gasteiger partial charge in [0.05, 0.1) is 28.3 Å². The number of nitrogens with zero attached hydrogens (tertiary/aromatic N) is 2. The van der Waals surface area contributed by atoms with Gasteiger partial charge in [-0.1, -0.05) is 53.7 Å². The lowest BCUT2D eigenvalue weighted by Gasteiger charge is -2.30. The van der Waals surface area contributed by atoms with Crippen LogP contribution >= 0.6 is 23.4 Å². The Labute approximate surface area is 203 Å². The largest absolute Gasteiger partial charge is 0.353 e. The van der Waals surface area contributed by atoms with Crippen molar-refractivity contribution in [2.24, 2.45) is 0 Å². The number of benzene rings is 2. The topological polar surface area (TPSA) is 73.2 Å². The number of Topliss-reactive ketones (excluding diaryl/α,β-unsaturated/α-hetero) is 1. The molecule has 0 aliphatic carbocycles. The molecule has 1 amide bonds. The van der Waals surface area contributed by atoms with Crippen LogP contribution in [0, 0.1) is 11.3 Å². The van der Waals surface area contributed by atoms with Gasteiger partial charge in [-0.05, 0) is 56.5 Å². The highest BCUT2D eigenvalue weighted by molar-refractivity contribution is 8.03. The first-order valence-electron chi connectivity index (χ1n) is 10.7. The van der Waals surface area contributed by atoms with E-state index in [9.17, 15) is 14.9 Å². The number of ketones is 1. The monoisotopic (exact) mass is 477 g/mol. The molecule has 2 aliphatic heterocycles. The standard InChI is InChI=1S/C26H24ClN3O2S/c1-15-12-19-6-4-5-7-22(19)30(15)23(32)14-33-26-21(13-28)25(18-8-10-20(27)11-9-18)24(17(3)31)16(2)29-26/h4-11,15,25,29H,12,14H2,1-3H3/t15-,25+/m1/s1. The molecule has 33 heavy (non-hydrogen) atoms. The predicted octanol–water partition coefficient (Wildman–Crippen LogP) is 5.34. The van der Waals surface area contributed by atoms with E-state index in [4.69, 9.17) is 11.6 Å². The number of halogens is 1. The molecular weight excluding hydrogens is 454 g/mol. The zero-order valence-corrected chi connectivity index (χ0v) is 20.3. The maximum absolute atomic E-state index is 13.2. The molecule has 2 aromatic carbocycles. The summed E-state index contributed by atoms with van der Waals surface area (Å²) in [6.07, 6.45) is 0.833. The van der Waals surface area contributed by atoms with Crippen LogP contribution in [0.15, 0.2) is 70.4 Å². The fraction of sp³-hybridized carbons (Fsp3) is 0.269. The van der Waals surface area contributed by atoms with E-state index in [0.717, 1.165) is 17.7 Å². The summed E-state index contributed by atoms with van der Waals surface area (Å²) in [4.78, 5) is 27.5. The number of nitrogens with one attached hydrogen (secondary N) is 1. The number of amides is 1. The first-order chi connectivity index (χ1) is 15.8. The Balaban J connectivity index is 1.63. The summed E-state index contributed by atoms with van der Waals surface area (Å²) < 4.78 is 0. The van der Waals surface area contributed by atoms with Gasteiger partial charge in [0.25, 0.3) is 0 Å². The number of nitriles is 1. The minimum atomic E-state index is -0.505. The number of carbonyl (C=O) groups excluding carboxylic acids is 2. The van der Waals surface area contributed by atoms with E-state index < -0.39 is 5.92 Å². The second-order valence-electron chi connectivity index (χ2n) is 8.29. The molecular formula is C26H24ClN3O2S. The molecule has 0 fully saturated rings. The maximum Gasteiger partial charge on any atom is 0.237 e. The molecule has 0 saturated carbocycles. The lowest BCUT2D eigenvalue weighted by Crippen LogP contribution is -2.37. The number of carbonyl (C=O) groups is 2. The number of hydrogen-bond acceptors (Lipinski definition) is 5. The van der Waals surface area contributed by atoms with Crippen LogP contribution in [0.25, 0.3) is 0 Å². The van der Waals surface area contributed by atoms with Gasteiger partial charge in [0, 0.05) is 28.0 Å². The van der Waals surface area contributed by atoms with Crippen molar-refractivity contribution in [3.8, 4) is 6.07 Å². The van der Waals surface area contributed by atoms with E-state index in [1.54, 1.807) is 12.1 Å². The van der Waals surface area contributed by atoms with Crippen molar-refractivity contribution < 1.29 is 9.59 Å². The van der Waals surface area contributed by atoms with E-state index >= 15 is 0 Å². The van der Waals surface area contributed by atoms with Gasteiger partial charge in [-0.3, -0.25) is 9.59 Å². The highest BCUT2D eigenvalue weighted by Crippen LogP contribution is 2.41. The summed E-state index contributed by atoms with van der Waals surface area (Å²) in [5, 5.41) is 14.5. The Bertz CT molecular complexity index is 1230. The van der Waals surface area contributed by atoms with Crippen LogP contribution in [0.5, 0.6) is 0 Å². The van der Waals surface area contributed by atoms with Crippen LogP contribution in [0.4, 0.5) is 5.69 Å². The van der Waals surface area contributed by atoms with Gasteiger partial charge in [-0.25, -0.2) is 0 Å². The number of rotatable bonds is 5. The lowest BCUT2D eigenvalue weighted by atomic mass is 9.81. The second-order valence-corrected chi connectivity index (χ2v) is 9.72. The van der Waals surface area contributed by atoms with Crippen LogP contribution in [-0.2, 0) is 16.0 Å². The quantitative estimate of drug-likeness (QED) is 0.629. The van der Waals surface area contributed by atoms with Crippen LogP contribution in [0.3, 0.4) is 0 Å². The Morgan fingerprint density at radius 2 is 1.91 bits per heavy atom. The number of anilines is 1. The van der Waals surface area contributed by atoms with Crippen LogP contribution in [0.2, 0.25) is 5.02 Å². The van der Waals surface area contributed by atoms with Gasteiger partial charge >= 0.3 is 0 Å². The molecule has 5 nitrogen and oxygen atoms in total. The van der Waals surface area contributed by atoms with E-state index in [1.165, 1.54) is 24.2 Å². The molecule has 2 heterocycles. The highest BCUT2D eigenvalue weighted by Gasteiger charge is 2.34. The molecule has 0 unspecified atom stereocenters. The fourth-order valence-corrected chi connectivity index (χ4v) is 5.71. The van der Waals surface area contributed by atoms with E-state index in [-0.39, 0.29) is 23.5 Å². The fourth-order valence-electron chi connectivity index (χ4n) is 4.63. The number of para-hydroxylation sites is 1. The van der Waals surface area contributed by atoms with E-state index in [0.29, 0.717) is 26.9 Å². The molecule has 0 aromatic heterocycles. The number of allylic oxidation sites excluding steroid dienone is 3. The maximum atomic E-state index is 13.2. The first kappa shape index (κ1) is 23.2. The third kappa shape index (κ3) is 4.44. The molecule has 0 radical (unpaired) electrons. The van der Waals surface area contributed by atoms with Gasteiger partial charge in [0.15, 0.2) is 5.78 Å². The summed E-state index contributed by atoms with van der Waals surface area (Å²) in [7, 11) is 0. The zero-order chi connectivity index (χ0) is 23.7. The third-order valence-corrected chi connectivity index (χ3v) is 7.30. The van der Waals surface area contributed by atoms with Gasteiger partial charge in [-0.2, -0.15) is 5.26 Å². The van der Waals surface area contributed by atoms with Crippen LogP contribution in [-0.4, -0.2) is 23.5 Å². The number of hydrogen-bond donors (Lipinski definition) is 1. The molecule has 2 atom stereocenters. The van der Waals surface area contributed by atoms with E-state index in [2.05, 4.69) is 17.5 Å². The Morgan fingerprint density at radius 1 is 1.21 bits per heavy atom. The molecule has 7 heteroatoms. The SMILES string of the molecule is CC(=O)C1=C(C)NC(SCC(=O)N2c3ccccc3C[C@H]2C)=C(C#N)[C@@H]1c1ccc(Cl)cc1. The van der Waals surface area contributed by atoms with Crippen molar-refractivity contribution in [3.63, 3.8) is 0 Å². The number of dihydropyridines is 1. The summed E-state index contributed by atoms with van der Waals surface area (Å²) in [5.74, 6) is -0.432. The molecule has 0 bridgehead atoms. The average Bonchev–Trinajstić information content (AvgIpc) is 3.13. The summed E-state index contributed by atoms with van der Waals surface area (Å²) >= 11 is 7.36. The minimum Gasteiger partial charge on any atom is -0.353 e. The predicted molar refractivity (Wildman–Crippen MR) is 133 cm³/mol. The van der Waals surface area contributed by atoms with Gasteiger partial charge in [-0.15, -0.1) is 0 Å². The molecule has 168 valence electrons. The third-order valence-electron chi connectivity index (χ3n) is 6.05. The summed E-state index contributed by atoms with van der Waals surface area (Å²) in [5.41, 5.74) is 4.61. The van der Waals surface area contributed by atoms with Gasteiger partial charge in [0.1, 0.15) is 0 Å². The Morgan fingerprint density at radius 3 is 2.58 bits per heavy atom. The van der Waals surface area contributed by atoms with Crippen LogP contribution < -0.4 is 10.2 Å². The second kappa shape index (κ2) is 9.46. The summed E-state index contributed by atoms with van der Waals surface area (Å²) in [6.45, 7) is 5.38. The highest BCUT2D eigenvalue weighted by atomic mass is 35.5. The summed E-state index contributed by atoms with van der Waals surface area (Å²) in [6, 6.07) is 17.5. The first-order valence-corrected chi connectivity index (χ1v) is 12.1. The van der Waals surface area contributed by atoms with Crippen molar-refractivity contribution in [2.45, 2.75) is 39.2 Å². The van der Waals surface area contributed by atoms with Crippen molar-refractivity contribution in [3.05, 3.63) is 86.6 Å². The van der Waals surface area contributed by atoms with Gasteiger partial charge < -0.3 is 10.2 Å². The van der Waals surface area contributed by atoms with Gasteiger partial charge in [0.2, 0.25) is 5.91 Å². The molecule has 0 spiro atoms. The molecule has 4 rings (SSSR count). The van der Waals surface area contributed by atoms with Crippen LogP contribution in [0.1, 0.15) is 37.8 Å². The number of fused-ring (bicyclic) bond motifs is 1. The van der Waals surface area contributed by atoms with Crippen molar-refractivity contribution in [1.82, 2.24) is 5.32 Å². The minimum absolute atomic E-state index is 0.00826. The smallest absolute Gasteiger partial charge is 0.237 e. The molecule has 0 saturated heterocycles. The van der Waals surface area contributed by atoms with Crippen molar-refractivity contribution in [1.29, 1.82) is 5.26 Å². The van der Waals surface area contributed by atoms with Crippen molar-refractivity contribution >= 4 is 40.7 Å². The van der Waals surface area contributed by atoms with Crippen molar-refractivity contribution in [2.75, 3.05) is 10.7 Å². The molecule has 2 aromatic rings.